The summed E-state index contributed by atoms with van der Waals surface area (Å²) in [5.41, 5.74) is 3.88. The number of pyridine rings is 1. The number of aryl methyl sites for hydroxylation is 1. The second-order valence-corrected chi connectivity index (χ2v) is 9.36. The maximum Gasteiger partial charge on any atom is 0.240 e. The number of rotatable bonds is 5. The average molecular weight is 436 g/mol. The van der Waals surface area contributed by atoms with Gasteiger partial charge in [0.25, 0.3) is 0 Å². The van der Waals surface area contributed by atoms with Gasteiger partial charge in [0, 0.05) is 31.3 Å². The molecule has 1 amide bonds. The molecule has 1 saturated heterocycles. The SMILES string of the molecule is Cc1ccc(-c2cccc3c2O[C@@H](CNC(=O)C2(N4CCOCC4)CCCCC2)C3)nc1. The predicted octanol–water partition coefficient (Wildman–Crippen LogP) is 3.51. The van der Waals surface area contributed by atoms with E-state index in [1.54, 1.807) is 0 Å². The Morgan fingerprint density at radius 1 is 1.16 bits per heavy atom. The van der Waals surface area contributed by atoms with Gasteiger partial charge in [-0.25, -0.2) is 0 Å². The summed E-state index contributed by atoms with van der Waals surface area (Å²) in [7, 11) is 0. The Morgan fingerprint density at radius 3 is 2.72 bits per heavy atom. The van der Waals surface area contributed by atoms with Gasteiger partial charge in [-0.05, 0) is 43.0 Å². The van der Waals surface area contributed by atoms with Crippen LogP contribution in [0.15, 0.2) is 36.5 Å². The molecule has 170 valence electrons. The second kappa shape index (κ2) is 9.20. The van der Waals surface area contributed by atoms with Crippen molar-refractivity contribution in [3.05, 3.63) is 47.7 Å². The van der Waals surface area contributed by atoms with Gasteiger partial charge in [0.05, 0.1) is 25.5 Å². The van der Waals surface area contributed by atoms with E-state index in [9.17, 15) is 4.79 Å². The highest BCUT2D eigenvalue weighted by molar-refractivity contribution is 5.86. The zero-order valence-electron chi connectivity index (χ0n) is 18.9. The lowest BCUT2D eigenvalue weighted by Gasteiger charge is -2.46. The van der Waals surface area contributed by atoms with E-state index in [-0.39, 0.29) is 17.6 Å². The topological polar surface area (TPSA) is 63.7 Å². The molecule has 1 saturated carbocycles. The van der Waals surface area contributed by atoms with Crippen molar-refractivity contribution >= 4 is 5.91 Å². The van der Waals surface area contributed by atoms with Crippen LogP contribution >= 0.6 is 0 Å². The zero-order valence-corrected chi connectivity index (χ0v) is 18.9. The quantitative estimate of drug-likeness (QED) is 0.779. The van der Waals surface area contributed by atoms with Gasteiger partial charge < -0.3 is 14.8 Å². The molecule has 3 heterocycles. The monoisotopic (exact) mass is 435 g/mol. The normalized spacial score (nSPS) is 22.7. The number of hydrogen-bond acceptors (Lipinski definition) is 5. The molecule has 0 spiro atoms. The van der Waals surface area contributed by atoms with Gasteiger partial charge in [-0.2, -0.15) is 0 Å². The molecule has 2 aliphatic heterocycles. The van der Waals surface area contributed by atoms with Gasteiger partial charge in [0.1, 0.15) is 17.4 Å². The Hall–Kier alpha value is -2.44. The molecule has 3 aliphatic rings. The number of carbonyl (C=O) groups is 1. The van der Waals surface area contributed by atoms with Crippen LogP contribution in [0, 0.1) is 6.92 Å². The van der Waals surface area contributed by atoms with Crippen LogP contribution in [0.25, 0.3) is 11.3 Å². The number of para-hydroxylation sites is 1. The maximum absolute atomic E-state index is 13.5. The van der Waals surface area contributed by atoms with Crippen LogP contribution in [0.4, 0.5) is 0 Å². The van der Waals surface area contributed by atoms with Gasteiger partial charge in [0.15, 0.2) is 0 Å². The van der Waals surface area contributed by atoms with Crippen molar-refractivity contribution in [3.8, 4) is 17.0 Å². The van der Waals surface area contributed by atoms with Crippen LogP contribution in [0.5, 0.6) is 5.75 Å². The summed E-state index contributed by atoms with van der Waals surface area (Å²) >= 11 is 0. The van der Waals surface area contributed by atoms with Crippen molar-refractivity contribution in [2.45, 2.75) is 57.1 Å². The highest BCUT2D eigenvalue weighted by atomic mass is 16.5. The van der Waals surface area contributed by atoms with E-state index >= 15 is 0 Å². The van der Waals surface area contributed by atoms with Crippen molar-refractivity contribution in [2.75, 3.05) is 32.8 Å². The van der Waals surface area contributed by atoms with Gasteiger partial charge >= 0.3 is 0 Å². The lowest BCUT2D eigenvalue weighted by Crippen LogP contribution is -2.62. The van der Waals surface area contributed by atoms with E-state index in [2.05, 4.69) is 39.5 Å². The number of morpholine rings is 1. The van der Waals surface area contributed by atoms with Gasteiger partial charge in [-0.1, -0.05) is 37.5 Å². The highest BCUT2D eigenvalue weighted by Crippen LogP contribution is 2.38. The van der Waals surface area contributed by atoms with Crippen LogP contribution in [-0.4, -0.2) is 60.3 Å². The minimum absolute atomic E-state index is 0.0501. The first-order chi connectivity index (χ1) is 15.7. The molecule has 0 unspecified atom stereocenters. The Bertz CT molecular complexity index is 947. The molecule has 1 N–H and O–H groups in total. The van der Waals surface area contributed by atoms with Gasteiger partial charge in [0.2, 0.25) is 5.91 Å². The van der Waals surface area contributed by atoms with Crippen LogP contribution in [-0.2, 0) is 16.0 Å². The fraction of sp³-hybridized carbons (Fsp3) is 0.538. The third-order valence-electron chi connectivity index (χ3n) is 7.23. The summed E-state index contributed by atoms with van der Waals surface area (Å²) in [5.74, 6) is 1.07. The number of nitrogens with one attached hydrogen (secondary N) is 1. The lowest BCUT2D eigenvalue weighted by molar-refractivity contribution is -0.140. The summed E-state index contributed by atoms with van der Waals surface area (Å²) in [6.45, 7) is 5.67. The van der Waals surface area contributed by atoms with E-state index in [0.717, 1.165) is 67.8 Å². The summed E-state index contributed by atoms with van der Waals surface area (Å²) < 4.78 is 11.9. The predicted molar refractivity (Wildman–Crippen MR) is 124 cm³/mol. The van der Waals surface area contributed by atoms with E-state index in [1.165, 1.54) is 12.0 Å². The molecule has 1 atom stereocenters. The standard InChI is InChI=1S/C26H33N3O3/c1-19-8-9-23(27-17-19)22-7-5-6-20-16-21(32-24(20)22)18-28-25(30)26(10-3-2-4-11-26)29-12-14-31-15-13-29/h5-9,17,21H,2-4,10-16,18H2,1H3,(H,28,30)/t21-/m1/s1. The van der Waals surface area contributed by atoms with Crippen molar-refractivity contribution in [2.24, 2.45) is 0 Å². The Kier molecular flexibility index (Phi) is 6.15. The van der Waals surface area contributed by atoms with E-state index in [0.29, 0.717) is 19.8 Å². The number of amides is 1. The third-order valence-corrected chi connectivity index (χ3v) is 7.23. The third kappa shape index (κ3) is 4.14. The molecule has 5 rings (SSSR count). The first-order valence-electron chi connectivity index (χ1n) is 12.0. The molecule has 2 aromatic rings. The van der Waals surface area contributed by atoms with Crippen LogP contribution < -0.4 is 10.1 Å². The molecule has 6 nitrogen and oxygen atoms in total. The lowest BCUT2D eigenvalue weighted by atomic mass is 9.79. The number of benzene rings is 1. The minimum Gasteiger partial charge on any atom is -0.487 e. The molecule has 1 aromatic heterocycles. The zero-order chi connectivity index (χ0) is 22.0. The number of nitrogens with zero attached hydrogens (tertiary/aromatic N) is 2. The molecule has 1 aromatic carbocycles. The van der Waals surface area contributed by atoms with Crippen molar-refractivity contribution in [1.82, 2.24) is 15.2 Å². The van der Waals surface area contributed by atoms with Crippen LogP contribution in [0.3, 0.4) is 0 Å². The summed E-state index contributed by atoms with van der Waals surface area (Å²) in [4.78, 5) is 20.5. The van der Waals surface area contributed by atoms with Crippen LogP contribution in [0.2, 0.25) is 0 Å². The van der Waals surface area contributed by atoms with Crippen molar-refractivity contribution in [3.63, 3.8) is 0 Å². The molecule has 6 heteroatoms. The molecular formula is C26H33N3O3. The fourth-order valence-electron chi connectivity index (χ4n) is 5.47. The smallest absolute Gasteiger partial charge is 0.240 e. The first kappa shape index (κ1) is 21.4. The van der Waals surface area contributed by atoms with Gasteiger partial charge in [-0.3, -0.25) is 14.7 Å². The maximum atomic E-state index is 13.5. The molecule has 1 aliphatic carbocycles. The summed E-state index contributed by atoms with van der Waals surface area (Å²) in [5, 5.41) is 3.27. The number of fused-ring (bicyclic) bond motifs is 1. The largest absolute Gasteiger partial charge is 0.487 e. The molecule has 0 radical (unpaired) electrons. The molecule has 32 heavy (non-hydrogen) atoms. The van der Waals surface area contributed by atoms with Crippen molar-refractivity contribution in [1.29, 1.82) is 0 Å². The Balaban J connectivity index is 1.27. The number of aromatic nitrogens is 1. The highest BCUT2D eigenvalue weighted by Gasteiger charge is 2.45. The molecule has 0 bridgehead atoms. The summed E-state index contributed by atoms with van der Waals surface area (Å²) in [6.07, 6.45) is 7.96. The Morgan fingerprint density at radius 2 is 1.97 bits per heavy atom. The fourth-order valence-corrected chi connectivity index (χ4v) is 5.47. The first-order valence-corrected chi connectivity index (χ1v) is 12.0. The van der Waals surface area contributed by atoms with Crippen molar-refractivity contribution < 1.29 is 14.3 Å². The van der Waals surface area contributed by atoms with Crippen LogP contribution in [0.1, 0.15) is 43.2 Å². The number of ether oxygens (including phenoxy) is 2. The van der Waals surface area contributed by atoms with E-state index < -0.39 is 0 Å². The Labute approximate surface area is 190 Å². The second-order valence-electron chi connectivity index (χ2n) is 9.36. The molecule has 2 fully saturated rings. The minimum atomic E-state index is -0.384. The average Bonchev–Trinajstić information content (AvgIpc) is 3.27. The number of carbonyl (C=O) groups excluding carboxylic acids is 1. The number of hydrogen-bond donors (Lipinski definition) is 1. The van der Waals surface area contributed by atoms with E-state index in [1.807, 2.05) is 19.2 Å². The van der Waals surface area contributed by atoms with Gasteiger partial charge in [-0.15, -0.1) is 0 Å². The van der Waals surface area contributed by atoms with E-state index in [4.69, 9.17) is 9.47 Å². The summed E-state index contributed by atoms with van der Waals surface area (Å²) in [6, 6.07) is 10.4. The molecular weight excluding hydrogens is 402 g/mol.